The minimum Gasteiger partial charge on any atom is -0.258 e. The van der Waals surface area contributed by atoms with E-state index in [1.165, 1.54) is 18.2 Å². The molecule has 0 saturated carbocycles. The Labute approximate surface area is 168 Å². The van der Waals surface area contributed by atoms with Crippen LogP contribution < -0.4 is 27.3 Å². The van der Waals surface area contributed by atoms with Crippen LogP contribution in [-0.2, 0) is 0 Å². The predicted octanol–water partition coefficient (Wildman–Crippen LogP) is -0.449. The van der Waals surface area contributed by atoms with Crippen LogP contribution in [0.15, 0.2) is 42.5 Å². The maximum absolute atomic E-state index is 11.5. The fourth-order valence-electron chi connectivity index (χ4n) is 2.96. The van der Waals surface area contributed by atoms with E-state index in [4.69, 9.17) is 50.8 Å². The van der Waals surface area contributed by atoms with Crippen molar-refractivity contribution < 1.29 is 4.92 Å². The second-order valence-electron chi connectivity index (χ2n) is 5.91. The third-order valence-electron chi connectivity index (χ3n) is 4.34. The molecule has 118 valence electrons. The van der Waals surface area contributed by atoms with Crippen LogP contribution in [-0.4, -0.2) is 44.2 Å². The van der Waals surface area contributed by atoms with Crippen molar-refractivity contribution in [2.24, 2.45) is 0 Å². The van der Waals surface area contributed by atoms with Crippen molar-refractivity contribution in [3.63, 3.8) is 0 Å². The SMILES string of the molecule is [B]c1c([B])c([B])c(-c2ccccc2-c2cc(Cl)ccc2[N+](=O)[O-])c([B])c1[B]. The van der Waals surface area contributed by atoms with Gasteiger partial charge in [0.1, 0.15) is 39.2 Å². The van der Waals surface area contributed by atoms with Gasteiger partial charge in [-0.25, -0.2) is 0 Å². The van der Waals surface area contributed by atoms with Gasteiger partial charge in [-0.3, -0.25) is 10.1 Å². The highest BCUT2D eigenvalue weighted by atomic mass is 35.5. The Morgan fingerprint density at radius 3 is 1.81 bits per heavy atom. The number of benzene rings is 3. The second kappa shape index (κ2) is 7.36. The number of halogens is 1. The lowest BCUT2D eigenvalue weighted by molar-refractivity contribution is -0.384. The zero-order valence-electron chi connectivity index (χ0n) is 14.1. The molecule has 0 unspecified atom stereocenters. The van der Waals surface area contributed by atoms with Crippen LogP contribution in [0.2, 0.25) is 5.02 Å². The van der Waals surface area contributed by atoms with Crippen LogP contribution in [0, 0.1) is 10.1 Å². The molecule has 0 heterocycles. The summed E-state index contributed by atoms with van der Waals surface area (Å²) in [5.41, 5.74) is 2.21. The van der Waals surface area contributed by atoms with Crippen molar-refractivity contribution in [1.29, 1.82) is 0 Å². The third kappa shape index (κ3) is 3.34. The molecule has 0 atom stereocenters. The Kier molecular flexibility index (Phi) is 5.30. The highest BCUT2D eigenvalue weighted by molar-refractivity contribution is 6.68. The van der Waals surface area contributed by atoms with Gasteiger partial charge in [-0.2, -0.15) is 0 Å². The molecule has 0 saturated heterocycles. The Morgan fingerprint density at radius 1 is 0.741 bits per heavy atom. The molecule has 27 heavy (non-hydrogen) atoms. The molecule has 3 aromatic carbocycles. The van der Waals surface area contributed by atoms with Gasteiger partial charge in [0.15, 0.2) is 0 Å². The number of nitrogens with zero attached hydrogens (tertiary/aromatic N) is 1. The van der Waals surface area contributed by atoms with Crippen molar-refractivity contribution in [3.8, 4) is 22.3 Å². The summed E-state index contributed by atoms with van der Waals surface area (Å²) >= 11 is 6.08. The van der Waals surface area contributed by atoms with Gasteiger partial charge in [0.05, 0.1) is 10.5 Å². The van der Waals surface area contributed by atoms with Crippen molar-refractivity contribution in [1.82, 2.24) is 0 Å². The van der Waals surface area contributed by atoms with Gasteiger partial charge in [0, 0.05) is 11.1 Å². The first kappa shape index (κ1) is 19.4. The third-order valence-corrected chi connectivity index (χ3v) is 4.58. The van der Waals surface area contributed by atoms with E-state index in [1.807, 2.05) is 0 Å². The van der Waals surface area contributed by atoms with E-state index in [1.54, 1.807) is 24.3 Å². The molecular formula is C18H7B5ClNO2. The van der Waals surface area contributed by atoms with Gasteiger partial charge in [-0.15, -0.1) is 16.4 Å². The van der Waals surface area contributed by atoms with Crippen LogP contribution in [0.5, 0.6) is 0 Å². The zero-order chi connectivity index (χ0) is 19.9. The summed E-state index contributed by atoms with van der Waals surface area (Å²) in [4.78, 5) is 11.0. The van der Waals surface area contributed by atoms with Crippen molar-refractivity contribution in [3.05, 3.63) is 57.6 Å². The van der Waals surface area contributed by atoms with Gasteiger partial charge in [-0.1, -0.05) is 46.8 Å². The quantitative estimate of drug-likeness (QED) is 0.362. The topological polar surface area (TPSA) is 43.1 Å². The molecule has 3 nitrogen and oxygen atoms in total. The van der Waals surface area contributed by atoms with E-state index in [0.29, 0.717) is 27.3 Å². The van der Waals surface area contributed by atoms with E-state index in [0.717, 1.165) is 0 Å². The lowest BCUT2D eigenvalue weighted by Crippen LogP contribution is -2.55. The lowest BCUT2D eigenvalue weighted by Gasteiger charge is -2.23. The molecule has 3 aromatic rings. The van der Waals surface area contributed by atoms with Gasteiger partial charge >= 0.3 is 0 Å². The monoisotopic (exact) mass is 359 g/mol. The minimum atomic E-state index is -0.485. The average molecular weight is 359 g/mol. The van der Waals surface area contributed by atoms with Crippen molar-refractivity contribution in [2.45, 2.75) is 0 Å². The summed E-state index contributed by atoms with van der Waals surface area (Å²) in [6.07, 6.45) is 0. The largest absolute Gasteiger partial charge is 0.277 e. The molecule has 0 fully saturated rings. The Hall–Kier alpha value is -2.33. The number of hydrogen-bond acceptors (Lipinski definition) is 2. The highest BCUT2D eigenvalue weighted by Gasteiger charge is 2.21. The van der Waals surface area contributed by atoms with E-state index in [-0.39, 0.29) is 33.0 Å². The van der Waals surface area contributed by atoms with Crippen molar-refractivity contribution >= 4 is 83.8 Å². The summed E-state index contributed by atoms with van der Waals surface area (Å²) in [5, 5.41) is 11.8. The molecule has 3 rings (SSSR count). The highest BCUT2D eigenvalue weighted by Crippen LogP contribution is 2.37. The fourth-order valence-corrected chi connectivity index (χ4v) is 3.13. The number of nitro benzene ring substituents is 1. The number of rotatable bonds is 3. The van der Waals surface area contributed by atoms with Crippen LogP contribution in [0.25, 0.3) is 22.3 Å². The molecule has 0 aliphatic carbocycles. The smallest absolute Gasteiger partial charge is 0.258 e. The summed E-state index contributed by atoms with van der Waals surface area (Å²) in [6.45, 7) is 0. The van der Waals surface area contributed by atoms with Crippen LogP contribution in [0.3, 0.4) is 0 Å². The predicted molar refractivity (Wildman–Crippen MR) is 116 cm³/mol. The molecule has 0 amide bonds. The van der Waals surface area contributed by atoms with Gasteiger partial charge in [0.25, 0.3) is 5.69 Å². The van der Waals surface area contributed by atoms with Crippen molar-refractivity contribution in [2.75, 3.05) is 0 Å². The molecule has 0 aromatic heterocycles. The van der Waals surface area contributed by atoms with Gasteiger partial charge in [-0.05, 0) is 28.8 Å². The Morgan fingerprint density at radius 2 is 1.26 bits per heavy atom. The second-order valence-corrected chi connectivity index (χ2v) is 6.34. The molecule has 0 aliphatic rings. The normalized spacial score (nSPS) is 10.7. The minimum absolute atomic E-state index is 0.0972. The Balaban J connectivity index is 2.40. The van der Waals surface area contributed by atoms with E-state index >= 15 is 0 Å². The first-order valence-electron chi connectivity index (χ1n) is 7.79. The summed E-state index contributed by atoms with van der Waals surface area (Å²) in [5.74, 6) is 0. The summed E-state index contributed by atoms with van der Waals surface area (Å²) in [6, 6.07) is 11.2. The van der Waals surface area contributed by atoms with Crippen LogP contribution in [0.1, 0.15) is 0 Å². The van der Waals surface area contributed by atoms with Gasteiger partial charge < -0.3 is 0 Å². The fraction of sp³-hybridized carbons (Fsp3) is 0. The van der Waals surface area contributed by atoms with E-state index in [9.17, 15) is 10.1 Å². The standard InChI is InChI=1S/C18H7B5ClNO2/c19-14-13(15(20)17(22)18(23)16(14)21)10-4-2-1-3-9(10)11-7-8(24)5-6-12(11)25(26)27/h1-7H. The first-order valence-corrected chi connectivity index (χ1v) is 8.16. The van der Waals surface area contributed by atoms with E-state index < -0.39 is 4.92 Å². The number of nitro groups is 1. The Bertz CT molecular complexity index is 1060. The van der Waals surface area contributed by atoms with E-state index in [2.05, 4.69) is 0 Å². The number of hydrogen-bond donors (Lipinski definition) is 0. The molecule has 0 bridgehead atoms. The molecule has 0 spiro atoms. The molecule has 0 N–H and O–H groups in total. The van der Waals surface area contributed by atoms with Crippen LogP contribution in [0.4, 0.5) is 5.69 Å². The summed E-state index contributed by atoms with van der Waals surface area (Å²) < 4.78 is 0. The maximum atomic E-state index is 11.5. The average Bonchev–Trinajstić information content (AvgIpc) is 2.65. The van der Waals surface area contributed by atoms with Crippen LogP contribution >= 0.6 is 11.6 Å². The maximum Gasteiger partial charge on any atom is 0.277 e. The first-order chi connectivity index (χ1) is 12.7. The zero-order valence-corrected chi connectivity index (χ0v) is 14.8. The molecule has 9 heteroatoms. The van der Waals surface area contributed by atoms with Gasteiger partial charge in [0.2, 0.25) is 0 Å². The molecule has 10 radical (unpaired) electrons. The molecule has 0 aliphatic heterocycles. The summed E-state index contributed by atoms with van der Waals surface area (Å²) in [7, 11) is 30.1. The lowest BCUT2D eigenvalue weighted by atomic mass is 9.59. The molecular weight excluding hydrogens is 352 g/mol.